The third kappa shape index (κ3) is 2.16. The average molecular weight is 296 g/mol. The Morgan fingerprint density at radius 2 is 2.00 bits per heavy atom. The van der Waals surface area contributed by atoms with Gasteiger partial charge in [-0.15, -0.1) is 0 Å². The van der Waals surface area contributed by atoms with Gasteiger partial charge in [0.2, 0.25) is 0 Å². The molecule has 1 aliphatic heterocycles. The fraction of sp³-hybridized carbons (Fsp3) is 0.235. The standard InChI is InChI=1S/C17H16N2OS/c21-17-18-15-12-7-2-1-5-11(12)6-3-8-13(15)16(19-17)14-9-4-10-20-14/h1-2,4-5,7,9-10,16H,3,6,8H2,(H2,18,19,21). The Morgan fingerprint density at radius 1 is 1.10 bits per heavy atom. The normalized spacial score (nSPS) is 21.0. The summed E-state index contributed by atoms with van der Waals surface area (Å²) in [6, 6.07) is 12.5. The number of aryl methyl sites for hydroxylation is 1. The number of fused-ring (bicyclic) bond motifs is 2. The zero-order chi connectivity index (χ0) is 14.2. The van der Waals surface area contributed by atoms with E-state index in [1.807, 2.05) is 12.1 Å². The minimum absolute atomic E-state index is 0.0370. The highest BCUT2D eigenvalue weighted by Crippen LogP contribution is 2.37. The van der Waals surface area contributed by atoms with Crippen molar-refractivity contribution in [2.24, 2.45) is 0 Å². The Kier molecular flexibility index (Phi) is 3.04. The van der Waals surface area contributed by atoms with Crippen molar-refractivity contribution < 1.29 is 4.42 Å². The molecule has 2 N–H and O–H groups in total. The van der Waals surface area contributed by atoms with E-state index in [9.17, 15) is 0 Å². The van der Waals surface area contributed by atoms with E-state index in [-0.39, 0.29) is 6.04 Å². The largest absolute Gasteiger partial charge is 0.467 e. The van der Waals surface area contributed by atoms with E-state index in [4.69, 9.17) is 16.6 Å². The lowest BCUT2D eigenvalue weighted by atomic mass is 9.94. The predicted octanol–water partition coefficient (Wildman–Crippen LogP) is 3.55. The van der Waals surface area contributed by atoms with Gasteiger partial charge in [-0.1, -0.05) is 24.3 Å². The molecule has 1 aromatic carbocycles. The van der Waals surface area contributed by atoms with Gasteiger partial charge >= 0.3 is 0 Å². The van der Waals surface area contributed by atoms with Crippen LogP contribution in [0.4, 0.5) is 0 Å². The summed E-state index contributed by atoms with van der Waals surface area (Å²) >= 11 is 5.40. The summed E-state index contributed by atoms with van der Waals surface area (Å²) in [5.74, 6) is 0.922. The zero-order valence-corrected chi connectivity index (χ0v) is 12.4. The first-order valence-corrected chi connectivity index (χ1v) is 7.66. The SMILES string of the molecule is S=C1NC2=C(CCCc3ccccc32)C(c2ccco2)N1. The number of benzene rings is 1. The van der Waals surface area contributed by atoms with Crippen LogP contribution in [0.1, 0.15) is 35.8 Å². The van der Waals surface area contributed by atoms with Crippen molar-refractivity contribution in [2.45, 2.75) is 25.3 Å². The van der Waals surface area contributed by atoms with Crippen molar-refractivity contribution in [3.8, 4) is 0 Å². The van der Waals surface area contributed by atoms with Gasteiger partial charge in [0.25, 0.3) is 0 Å². The third-order valence-electron chi connectivity index (χ3n) is 4.19. The summed E-state index contributed by atoms with van der Waals surface area (Å²) in [4.78, 5) is 0. The van der Waals surface area contributed by atoms with E-state index in [2.05, 4.69) is 34.9 Å². The van der Waals surface area contributed by atoms with E-state index in [1.165, 1.54) is 16.7 Å². The summed E-state index contributed by atoms with van der Waals surface area (Å²) in [6.45, 7) is 0. The maximum Gasteiger partial charge on any atom is 0.171 e. The Bertz CT molecular complexity index is 718. The van der Waals surface area contributed by atoms with E-state index >= 15 is 0 Å². The highest BCUT2D eigenvalue weighted by molar-refractivity contribution is 7.80. The van der Waals surface area contributed by atoms with Gasteiger partial charge in [-0.2, -0.15) is 0 Å². The highest BCUT2D eigenvalue weighted by Gasteiger charge is 2.30. The van der Waals surface area contributed by atoms with Gasteiger partial charge < -0.3 is 15.1 Å². The minimum atomic E-state index is 0.0370. The van der Waals surface area contributed by atoms with E-state index < -0.39 is 0 Å². The molecule has 1 aromatic heterocycles. The molecule has 0 amide bonds. The third-order valence-corrected chi connectivity index (χ3v) is 4.41. The van der Waals surface area contributed by atoms with Crippen LogP contribution in [-0.4, -0.2) is 5.11 Å². The molecule has 3 nitrogen and oxygen atoms in total. The van der Waals surface area contributed by atoms with Crippen LogP contribution in [0.15, 0.2) is 52.7 Å². The molecule has 0 saturated heterocycles. The second kappa shape index (κ2) is 5.04. The predicted molar refractivity (Wildman–Crippen MR) is 86.6 cm³/mol. The van der Waals surface area contributed by atoms with Gasteiger partial charge in [0.15, 0.2) is 5.11 Å². The van der Waals surface area contributed by atoms with Crippen LogP contribution in [0.3, 0.4) is 0 Å². The number of rotatable bonds is 1. The molecule has 1 unspecified atom stereocenters. The Hall–Kier alpha value is -2.07. The van der Waals surface area contributed by atoms with Crippen LogP contribution >= 0.6 is 12.2 Å². The van der Waals surface area contributed by atoms with Crippen LogP contribution in [0.2, 0.25) is 0 Å². The molecule has 1 atom stereocenters. The van der Waals surface area contributed by atoms with Crippen molar-refractivity contribution in [3.05, 3.63) is 65.1 Å². The van der Waals surface area contributed by atoms with Crippen molar-refractivity contribution in [3.63, 3.8) is 0 Å². The summed E-state index contributed by atoms with van der Waals surface area (Å²) < 4.78 is 5.62. The van der Waals surface area contributed by atoms with Crippen molar-refractivity contribution in [1.29, 1.82) is 0 Å². The second-order valence-electron chi connectivity index (χ2n) is 5.46. The zero-order valence-electron chi connectivity index (χ0n) is 11.6. The van der Waals surface area contributed by atoms with Gasteiger partial charge in [-0.25, -0.2) is 0 Å². The lowest BCUT2D eigenvalue weighted by Gasteiger charge is -2.30. The van der Waals surface area contributed by atoms with Crippen LogP contribution in [0.25, 0.3) is 5.70 Å². The van der Waals surface area contributed by atoms with Gasteiger partial charge in [0.1, 0.15) is 11.8 Å². The number of hydrogen-bond donors (Lipinski definition) is 2. The molecule has 0 radical (unpaired) electrons. The van der Waals surface area contributed by atoms with Crippen molar-refractivity contribution >= 4 is 23.0 Å². The molecular weight excluding hydrogens is 280 g/mol. The number of thiocarbonyl (C=S) groups is 1. The first kappa shape index (κ1) is 12.7. The average Bonchev–Trinajstić information content (AvgIpc) is 2.96. The maximum atomic E-state index is 5.62. The number of hydrogen-bond acceptors (Lipinski definition) is 2. The van der Waals surface area contributed by atoms with Gasteiger partial charge in [-0.3, -0.25) is 0 Å². The number of furan rings is 1. The monoisotopic (exact) mass is 296 g/mol. The summed E-state index contributed by atoms with van der Waals surface area (Å²) in [7, 11) is 0. The smallest absolute Gasteiger partial charge is 0.171 e. The first-order chi connectivity index (χ1) is 10.3. The van der Waals surface area contributed by atoms with Gasteiger partial charge in [0, 0.05) is 11.3 Å². The summed E-state index contributed by atoms with van der Waals surface area (Å²) in [5, 5.41) is 7.37. The molecule has 2 aliphatic rings. The fourth-order valence-corrected chi connectivity index (χ4v) is 3.47. The molecule has 21 heavy (non-hydrogen) atoms. The minimum Gasteiger partial charge on any atom is -0.467 e. The Morgan fingerprint density at radius 3 is 2.86 bits per heavy atom. The molecular formula is C17H16N2OS. The summed E-state index contributed by atoms with van der Waals surface area (Å²) in [6.07, 6.45) is 5.00. The maximum absolute atomic E-state index is 5.62. The first-order valence-electron chi connectivity index (χ1n) is 7.25. The molecule has 2 aromatic rings. The molecule has 4 heteroatoms. The van der Waals surface area contributed by atoms with Gasteiger partial charge in [-0.05, 0) is 54.7 Å². The molecule has 0 spiro atoms. The summed E-state index contributed by atoms with van der Waals surface area (Å²) in [5.41, 5.74) is 5.15. The molecule has 4 rings (SSSR count). The molecule has 2 heterocycles. The molecule has 0 fully saturated rings. The van der Waals surface area contributed by atoms with E-state index in [0.717, 1.165) is 30.7 Å². The van der Waals surface area contributed by atoms with Crippen LogP contribution in [0.5, 0.6) is 0 Å². The van der Waals surface area contributed by atoms with Crippen molar-refractivity contribution in [1.82, 2.24) is 10.6 Å². The molecule has 0 bridgehead atoms. The second-order valence-corrected chi connectivity index (χ2v) is 5.87. The van der Waals surface area contributed by atoms with Crippen LogP contribution in [0, 0.1) is 0 Å². The molecule has 106 valence electrons. The lowest BCUT2D eigenvalue weighted by Crippen LogP contribution is -2.43. The fourth-order valence-electron chi connectivity index (χ4n) is 3.25. The Labute approximate surface area is 129 Å². The Balaban J connectivity index is 1.89. The van der Waals surface area contributed by atoms with Crippen molar-refractivity contribution in [2.75, 3.05) is 0 Å². The van der Waals surface area contributed by atoms with Gasteiger partial charge in [0.05, 0.1) is 6.26 Å². The van der Waals surface area contributed by atoms with E-state index in [0.29, 0.717) is 5.11 Å². The lowest BCUT2D eigenvalue weighted by molar-refractivity contribution is 0.463. The quantitative estimate of drug-likeness (QED) is 0.789. The molecule has 1 aliphatic carbocycles. The van der Waals surface area contributed by atoms with Crippen LogP contribution < -0.4 is 10.6 Å². The topological polar surface area (TPSA) is 37.2 Å². The van der Waals surface area contributed by atoms with Crippen LogP contribution in [-0.2, 0) is 6.42 Å². The molecule has 0 saturated carbocycles. The highest BCUT2D eigenvalue weighted by atomic mass is 32.1. The number of nitrogens with one attached hydrogen (secondary N) is 2. The van der Waals surface area contributed by atoms with E-state index in [1.54, 1.807) is 6.26 Å².